The van der Waals surface area contributed by atoms with Gasteiger partial charge in [-0.3, -0.25) is 10.1 Å². The van der Waals surface area contributed by atoms with Crippen molar-refractivity contribution in [1.82, 2.24) is 4.98 Å². The van der Waals surface area contributed by atoms with E-state index in [9.17, 15) is 10.1 Å². The number of nitriles is 1. The van der Waals surface area contributed by atoms with Crippen LogP contribution in [0.5, 0.6) is 0 Å². The minimum Gasteiger partial charge on any atom is -0.379 e. The molecule has 3 rings (SSSR count). The number of anilines is 2. The van der Waals surface area contributed by atoms with E-state index in [1.165, 1.54) is 6.07 Å². The lowest BCUT2D eigenvalue weighted by Gasteiger charge is -2.41. The van der Waals surface area contributed by atoms with Crippen molar-refractivity contribution < 1.29 is 4.92 Å². The normalized spacial score (nSPS) is 14.0. The fraction of sp³-hybridized carbons (Fsp3) is 0.250. The predicted molar refractivity (Wildman–Crippen MR) is 86.4 cm³/mol. The first-order chi connectivity index (χ1) is 11.1. The monoisotopic (exact) mass is 309 g/mol. The Morgan fingerprint density at radius 2 is 2.17 bits per heavy atom. The summed E-state index contributed by atoms with van der Waals surface area (Å²) in [6.07, 6.45) is 0. The zero-order valence-electron chi connectivity index (χ0n) is 12.6. The van der Waals surface area contributed by atoms with Gasteiger partial charge in [-0.1, -0.05) is 6.07 Å². The molecular weight excluding hydrogens is 294 g/mol. The first-order valence-corrected chi connectivity index (χ1v) is 7.20. The van der Waals surface area contributed by atoms with E-state index in [2.05, 4.69) is 21.3 Å². The van der Waals surface area contributed by atoms with Gasteiger partial charge in [-0.05, 0) is 31.2 Å². The van der Waals surface area contributed by atoms with Crippen LogP contribution in [-0.2, 0) is 0 Å². The van der Waals surface area contributed by atoms with Gasteiger partial charge in [-0.25, -0.2) is 4.98 Å². The lowest BCUT2D eigenvalue weighted by atomic mass is 10.1. The van der Waals surface area contributed by atoms with Crippen molar-refractivity contribution >= 4 is 17.2 Å². The Morgan fingerprint density at radius 3 is 2.83 bits per heavy atom. The van der Waals surface area contributed by atoms with Gasteiger partial charge in [0.2, 0.25) is 0 Å². The highest BCUT2D eigenvalue weighted by atomic mass is 16.6. The number of aryl methyl sites for hydroxylation is 1. The fourth-order valence-electron chi connectivity index (χ4n) is 2.58. The van der Waals surface area contributed by atoms with Crippen molar-refractivity contribution in [1.29, 1.82) is 5.26 Å². The SMILES string of the molecule is Cc1nc(N2CC(Nc3cccc(C#N)c3)C2)ccc1[N+](=O)[O-]. The van der Waals surface area contributed by atoms with Gasteiger partial charge < -0.3 is 10.2 Å². The summed E-state index contributed by atoms with van der Waals surface area (Å²) in [4.78, 5) is 16.7. The third-order valence-electron chi connectivity index (χ3n) is 3.81. The lowest BCUT2D eigenvalue weighted by molar-refractivity contribution is -0.385. The van der Waals surface area contributed by atoms with Crippen molar-refractivity contribution in [3.63, 3.8) is 0 Å². The molecule has 0 unspecified atom stereocenters. The van der Waals surface area contributed by atoms with E-state index in [0.717, 1.165) is 24.6 Å². The van der Waals surface area contributed by atoms with Crippen LogP contribution in [0, 0.1) is 28.4 Å². The minimum atomic E-state index is -0.422. The molecule has 0 amide bonds. The number of pyridine rings is 1. The summed E-state index contributed by atoms with van der Waals surface area (Å²) >= 11 is 0. The highest BCUT2D eigenvalue weighted by Crippen LogP contribution is 2.25. The van der Waals surface area contributed by atoms with Crippen molar-refractivity contribution in [2.45, 2.75) is 13.0 Å². The van der Waals surface area contributed by atoms with Gasteiger partial charge in [0, 0.05) is 24.8 Å². The number of hydrogen-bond donors (Lipinski definition) is 1. The van der Waals surface area contributed by atoms with Gasteiger partial charge in [-0.15, -0.1) is 0 Å². The van der Waals surface area contributed by atoms with E-state index >= 15 is 0 Å². The van der Waals surface area contributed by atoms with Crippen LogP contribution in [0.25, 0.3) is 0 Å². The molecule has 2 aromatic rings. The highest BCUT2D eigenvalue weighted by Gasteiger charge is 2.28. The first-order valence-electron chi connectivity index (χ1n) is 7.20. The third kappa shape index (κ3) is 3.06. The number of rotatable bonds is 4. The summed E-state index contributed by atoms with van der Waals surface area (Å²) < 4.78 is 0. The molecule has 0 radical (unpaired) electrons. The molecule has 0 bridgehead atoms. The molecule has 1 N–H and O–H groups in total. The molecule has 1 aliphatic heterocycles. The van der Waals surface area contributed by atoms with Crippen LogP contribution in [0.1, 0.15) is 11.3 Å². The topological polar surface area (TPSA) is 95.1 Å². The fourth-order valence-corrected chi connectivity index (χ4v) is 2.58. The van der Waals surface area contributed by atoms with Gasteiger partial charge in [-0.2, -0.15) is 5.26 Å². The summed E-state index contributed by atoms with van der Waals surface area (Å²) in [6, 6.07) is 12.9. The average Bonchev–Trinajstić information content (AvgIpc) is 2.50. The Balaban J connectivity index is 1.62. The van der Waals surface area contributed by atoms with E-state index in [-0.39, 0.29) is 11.7 Å². The van der Waals surface area contributed by atoms with Crippen molar-refractivity contribution in [2.24, 2.45) is 0 Å². The van der Waals surface area contributed by atoms with E-state index in [4.69, 9.17) is 5.26 Å². The van der Waals surface area contributed by atoms with Crippen LogP contribution in [-0.4, -0.2) is 29.0 Å². The quantitative estimate of drug-likeness (QED) is 0.688. The Bertz CT molecular complexity index is 793. The Hall–Kier alpha value is -3.14. The Labute approximate surface area is 133 Å². The van der Waals surface area contributed by atoms with E-state index in [1.807, 2.05) is 18.2 Å². The van der Waals surface area contributed by atoms with Crippen molar-refractivity contribution in [2.75, 3.05) is 23.3 Å². The molecule has 23 heavy (non-hydrogen) atoms. The molecule has 1 aromatic carbocycles. The van der Waals surface area contributed by atoms with E-state index in [1.54, 1.807) is 19.1 Å². The lowest BCUT2D eigenvalue weighted by Crippen LogP contribution is -2.55. The van der Waals surface area contributed by atoms with Crippen molar-refractivity contribution in [3.8, 4) is 6.07 Å². The number of nitro groups is 1. The predicted octanol–water partition coefficient (Wildman–Crippen LogP) is 2.47. The highest BCUT2D eigenvalue weighted by molar-refractivity contribution is 5.54. The number of benzene rings is 1. The Kier molecular flexibility index (Phi) is 3.81. The molecule has 1 aliphatic rings. The zero-order valence-corrected chi connectivity index (χ0v) is 12.6. The molecule has 1 saturated heterocycles. The van der Waals surface area contributed by atoms with Crippen LogP contribution < -0.4 is 10.2 Å². The van der Waals surface area contributed by atoms with Gasteiger partial charge in [0.1, 0.15) is 11.5 Å². The molecule has 0 spiro atoms. The second-order valence-corrected chi connectivity index (χ2v) is 5.47. The second-order valence-electron chi connectivity index (χ2n) is 5.47. The first kappa shape index (κ1) is 14.8. The molecular formula is C16H15N5O2. The van der Waals surface area contributed by atoms with Crippen LogP contribution in [0.4, 0.5) is 17.2 Å². The second kappa shape index (κ2) is 5.93. The number of nitrogens with zero attached hydrogens (tertiary/aromatic N) is 4. The molecule has 1 fully saturated rings. The van der Waals surface area contributed by atoms with Gasteiger partial charge in [0.15, 0.2) is 0 Å². The van der Waals surface area contributed by atoms with Gasteiger partial charge in [0.05, 0.1) is 22.6 Å². The molecule has 0 aliphatic carbocycles. The van der Waals surface area contributed by atoms with E-state index in [0.29, 0.717) is 11.3 Å². The number of aromatic nitrogens is 1. The molecule has 0 saturated carbocycles. The maximum atomic E-state index is 10.8. The van der Waals surface area contributed by atoms with Crippen LogP contribution in [0.15, 0.2) is 36.4 Å². The van der Waals surface area contributed by atoms with E-state index < -0.39 is 4.92 Å². The molecule has 0 atom stereocenters. The Morgan fingerprint density at radius 1 is 1.39 bits per heavy atom. The van der Waals surface area contributed by atoms with Gasteiger partial charge >= 0.3 is 0 Å². The standard InChI is InChI=1S/C16H15N5O2/c1-11-15(21(22)23)5-6-16(18-11)20-9-14(10-20)19-13-4-2-3-12(7-13)8-17/h2-7,14,19H,9-10H2,1H3. The molecule has 1 aromatic heterocycles. The smallest absolute Gasteiger partial charge is 0.290 e. The largest absolute Gasteiger partial charge is 0.379 e. The molecule has 7 nitrogen and oxygen atoms in total. The maximum absolute atomic E-state index is 10.8. The maximum Gasteiger partial charge on any atom is 0.290 e. The summed E-state index contributed by atoms with van der Waals surface area (Å²) in [7, 11) is 0. The summed E-state index contributed by atoms with van der Waals surface area (Å²) in [5, 5.41) is 23.1. The number of hydrogen-bond acceptors (Lipinski definition) is 6. The molecule has 116 valence electrons. The van der Waals surface area contributed by atoms with Crippen LogP contribution in [0.3, 0.4) is 0 Å². The van der Waals surface area contributed by atoms with Gasteiger partial charge in [0.25, 0.3) is 5.69 Å². The third-order valence-corrected chi connectivity index (χ3v) is 3.81. The molecule has 2 heterocycles. The van der Waals surface area contributed by atoms with Crippen LogP contribution >= 0.6 is 0 Å². The molecule has 7 heteroatoms. The average molecular weight is 309 g/mol. The summed E-state index contributed by atoms with van der Waals surface area (Å²) in [6.45, 7) is 3.17. The van der Waals surface area contributed by atoms with Crippen LogP contribution in [0.2, 0.25) is 0 Å². The minimum absolute atomic E-state index is 0.0391. The van der Waals surface area contributed by atoms with Crippen molar-refractivity contribution in [3.05, 3.63) is 57.8 Å². The number of nitrogens with one attached hydrogen (secondary N) is 1. The summed E-state index contributed by atoms with van der Waals surface area (Å²) in [5.74, 6) is 0.747. The zero-order chi connectivity index (χ0) is 16.4. The summed E-state index contributed by atoms with van der Waals surface area (Å²) in [5.41, 5.74) is 2.00.